The van der Waals surface area contributed by atoms with E-state index in [0.29, 0.717) is 24.3 Å². The number of carbonyl (C=O) groups is 1. The van der Waals surface area contributed by atoms with Crippen LogP contribution in [0.2, 0.25) is 0 Å². The van der Waals surface area contributed by atoms with Gasteiger partial charge in [0.05, 0.1) is 6.10 Å². The summed E-state index contributed by atoms with van der Waals surface area (Å²) in [6.07, 6.45) is -4.76. The molecule has 0 saturated heterocycles. The second kappa shape index (κ2) is 6.96. The van der Waals surface area contributed by atoms with Crippen molar-refractivity contribution in [2.45, 2.75) is 57.9 Å². The van der Waals surface area contributed by atoms with Crippen molar-refractivity contribution < 1.29 is 22.7 Å². The summed E-state index contributed by atoms with van der Waals surface area (Å²) < 4.78 is 42.3. The summed E-state index contributed by atoms with van der Waals surface area (Å²) in [4.78, 5) is 12.6. The molecule has 0 aromatic heterocycles. The SMILES string of the molecule is CCOC1CC(N)(C(=O)Nc2ccc(CCC(F)(F)F)cc2)C1(C)C. The van der Waals surface area contributed by atoms with Gasteiger partial charge in [0.25, 0.3) is 0 Å². The summed E-state index contributed by atoms with van der Waals surface area (Å²) in [6.45, 7) is 6.26. The monoisotopic (exact) mass is 358 g/mol. The summed E-state index contributed by atoms with van der Waals surface area (Å²) in [7, 11) is 0. The molecule has 140 valence electrons. The van der Waals surface area contributed by atoms with E-state index in [0.717, 1.165) is 0 Å². The number of nitrogens with one attached hydrogen (secondary N) is 1. The summed E-state index contributed by atoms with van der Waals surface area (Å²) >= 11 is 0. The van der Waals surface area contributed by atoms with Gasteiger partial charge in [-0.2, -0.15) is 13.2 Å². The zero-order valence-electron chi connectivity index (χ0n) is 14.7. The smallest absolute Gasteiger partial charge is 0.378 e. The third-order valence-corrected chi connectivity index (χ3v) is 5.14. The Morgan fingerprint density at radius 1 is 1.32 bits per heavy atom. The highest BCUT2D eigenvalue weighted by molar-refractivity contribution is 5.99. The van der Waals surface area contributed by atoms with Crippen LogP contribution >= 0.6 is 0 Å². The van der Waals surface area contributed by atoms with Crippen LogP contribution in [0.4, 0.5) is 18.9 Å². The molecule has 1 fully saturated rings. The molecule has 0 heterocycles. The minimum Gasteiger partial charge on any atom is -0.378 e. The van der Waals surface area contributed by atoms with Crippen molar-refractivity contribution in [1.82, 2.24) is 0 Å². The standard InChI is InChI=1S/C18H25F3N2O2/c1-4-25-14-11-17(22,16(14,2)3)15(24)23-13-7-5-12(6-8-13)9-10-18(19,20)21/h5-8,14H,4,9-11,22H2,1-3H3,(H,23,24). The molecule has 1 saturated carbocycles. The van der Waals surface area contributed by atoms with Crippen LogP contribution in [-0.2, 0) is 16.0 Å². The molecule has 0 spiro atoms. The number of nitrogens with two attached hydrogens (primary N) is 1. The highest BCUT2D eigenvalue weighted by Gasteiger charge is 2.62. The van der Waals surface area contributed by atoms with E-state index < -0.39 is 23.6 Å². The molecule has 1 aromatic carbocycles. The van der Waals surface area contributed by atoms with Gasteiger partial charge in [-0.25, -0.2) is 0 Å². The van der Waals surface area contributed by atoms with Crippen LogP contribution in [0.5, 0.6) is 0 Å². The minimum atomic E-state index is -4.17. The molecule has 0 radical (unpaired) electrons. The Labute approximate surface area is 145 Å². The molecule has 0 bridgehead atoms. The third-order valence-electron chi connectivity index (χ3n) is 5.14. The van der Waals surface area contributed by atoms with E-state index in [4.69, 9.17) is 10.5 Å². The Kier molecular flexibility index (Phi) is 5.49. The lowest BCUT2D eigenvalue weighted by Gasteiger charge is -2.57. The quantitative estimate of drug-likeness (QED) is 0.816. The molecule has 1 aromatic rings. The van der Waals surface area contributed by atoms with E-state index in [1.165, 1.54) is 0 Å². The van der Waals surface area contributed by atoms with E-state index in [1.807, 2.05) is 20.8 Å². The number of ether oxygens (including phenoxy) is 1. The Balaban J connectivity index is 1.97. The maximum atomic E-state index is 12.6. The largest absolute Gasteiger partial charge is 0.389 e. The highest BCUT2D eigenvalue weighted by Crippen LogP contribution is 2.50. The lowest BCUT2D eigenvalue weighted by atomic mass is 9.54. The Hall–Kier alpha value is -1.60. The molecule has 2 rings (SSSR count). The molecule has 1 amide bonds. The van der Waals surface area contributed by atoms with Gasteiger partial charge in [-0.15, -0.1) is 0 Å². The van der Waals surface area contributed by atoms with Crippen LogP contribution in [0, 0.1) is 5.41 Å². The number of alkyl halides is 3. The molecule has 1 aliphatic carbocycles. The van der Waals surface area contributed by atoms with Crippen molar-refractivity contribution in [1.29, 1.82) is 0 Å². The number of rotatable bonds is 6. The predicted molar refractivity (Wildman–Crippen MR) is 90.2 cm³/mol. The van der Waals surface area contributed by atoms with Crippen molar-refractivity contribution in [3.8, 4) is 0 Å². The molecule has 2 atom stereocenters. The fourth-order valence-corrected chi connectivity index (χ4v) is 3.10. The van der Waals surface area contributed by atoms with E-state index in [-0.39, 0.29) is 18.4 Å². The number of aryl methyl sites for hydroxylation is 1. The molecule has 4 nitrogen and oxygen atoms in total. The molecular weight excluding hydrogens is 333 g/mol. The van der Waals surface area contributed by atoms with Gasteiger partial charge in [-0.05, 0) is 31.0 Å². The van der Waals surface area contributed by atoms with Crippen LogP contribution in [-0.4, -0.2) is 30.3 Å². The van der Waals surface area contributed by atoms with Crippen molar-refractivity contribution in [3.05, 3.63) is 29.8 Å². The average molecular weight is 358 g/mol. The van der Waals surface area contributed by atoms with E-state index >= 15 is 0 Å². The summed E-state index contributed by atoms with van der Waals surface area (Å²) in [5.41, 5.74) is 5.84. The van der Waals surface area contributed by atoms with Crippen LogP contribution in [0.1, 0.15) is 39.2 Å². The van der Waals surface area contributed by atoms with Gasteiger partial charge < -0.3 is 15.8 Å². The zero-order valence-corrected chi connectivity index (χ0v) is 14.7. The summed E-state index contributed by atoms with van der Waals surface area (Å²) in [5.74, 6) is -0.309. The van der Waals surface area contributed by atoms with Crippen molar-refractivity contribution in [2.75, 3.05) is 11.9 Å². The zero-order chi connectivity index (χ0) is 18.9. The molecule has 7 heteroatoms. The van der Waals surface area contributed by atoms with Gasteiger partial charge in [0, 0.05) is 30.6 Å². The Morgan fingerprint density at radius 2 is 1.92 bits per heavy atom. The normalized spacial score (nSPS) is 25.3. The first kappa shape index (κ1) is 19.7. The Bertz CT molecular complexity index is 614. The molecule has 3 N–H and O–H groups in total. The predicted octanol–water partition coefficient (Wildman–Crippen LogP) is 3.65. The van der Waals surface area contributed by atoms with Crippen LogP contribution in [0.15, 0.2) is 24.3 Å². The summed E-state index contributed by atoms with van der Waals surface area (Å²) in [6, 6.07) is 6.36. The number of benzene rings is 1. The van der Waals surface area contributed by atoms with Gasteiger partial charge in [0.1, 0.15) is 5.54 Å². The van der Waals surface area contributed by atoms with Gasteiger partial charge in [0.2, 0.25) is 5.91 Å². The lowest BCUT2D eigenvalue weighted by Crippen LogP contribution is -2.74. The van der Waals surface area contributed by atoms with Crippen molar-refractivity contribution in [2.24, 2.45) is 11.1 Å². The second-order valence-electron chi connectivity index (χ2n) is 7.11. The number of halogens is 3. The van der Waals surface area contributed by atoms with Gasteiger partial charge in [0.15, 0.2) is 0 Å². The molecule has 0 aliphatic heterocycles. The summed E-state index contributed by atoms with van der Waals surface area (Å²) in [5, 5.41) is 2.76. The number of hydrogen-bond acceptors (Lipinski definition) is 3. The lowest BCUT2D eigenvalue weighted by molar-refractivity contribution is -0.166. The molecule has 1 aliphatic rings. The molecular formula is C18H25F3N2O2. The van der Waals surface area contributed by atoms with Crippen molar-refractivity contribution in [3.63, 3.8) is 0 Å². The van der Waals surface area contributed by atoms with E-state index in [2.05, 4.69) is 5.32 Å². The highest BCUT2D eigenvalue weighted by atomic mass is 19.4. The van der Waals surface area contributed by atoms with Crippen LogP contribution < -0.4 is 11.1 Å². The average Bonchev–Trinajstić information content (AvgIpc) is 2.53. The fourth-order valence-electron chi connectivity index (χ4n) is 3.10. The van der Waals surface area contributed by atoms with Gasteiger partial charge in [-0.3, -0.25) is 4.79 Å². The molecule has 2 unspecified atom stereocenters. The maximum Gasteiger partial charge on any atom is 0.389 e. The number of carbonyl (C=O) groups excluding carboxylic acids is 1. The number of anilines is 1. The van der Waals surface area contributed by atoms with Crippen LogP contribution in [0.3, 0.4) is 0 Å². The number of amides is 1. The second-order valence-corrected chi connectivity index (χ2v) is 7.11. The van der Waals surface area contributed by atoms with Gasteiger partial charge in [-0.1, -0.05) is 26.0 Å². The molecule has 25 heavy (non-hydrogen) atoms. The fraction of sp³-hybridized carbons (Fsp3) is 0.611. The maximum absolute atomic E-state index is 12.6. The first-order chi connectivity index (χ1) is 11.5. The van der Waals surface area contributed by atoms with E-state index in [1.54, 1.807) is 24.3 Å². The van der Waals surface area contributed by atoms with Gasteiger partial charge >= 0.3 is 6.18 Å². The minimum absolute atomic E-state index is 0.0713. The number of hydrogen-bond donors (Lipinski definition) is 2. The Morgan fingerprint density at radius 3 is 2.40 bits per heavy atom. The van der Waals surface area contributed by atoms with E-state index in [9.17, 15) is 18.0 Å². The first-order valence-electron chi connectivity index (χ1n) is 8.37. The van der Waals surface area contributed by atoms with Crippen molar-refractivity contribution >= 4 is 11.6 Å². The topological polar surface area (TPSA) is 64.3 Å². The third kappa shape index (κ3) is 4.15. The van der Waals surface area contributed by atoms with Crippen LogP contribution in [0.25, 0.3) is 0 Å². The first-order valence-corrected chi connectivity index (χ1v) is 8.37.